The van der Waals surface area contributed by atoms with E-state index in [1.807, 2.05) is 12.1 Å². The Kier molecular flexibility index (Phi) is 6.24. The Labute approximate surface area is 153 Å². The maximum atomic E-state index is 12.9. The predicted octanol–water partition coefficient (Wildman–Crippen LogP) is 5.13. The zero-order valence-electron chi connectivity index (χ0n) is 14.1. The number of aliphatic hydroxyl groups excluding tert-OH is 1. The lowest BCUT2D eigenvalue weighted by Crippen LogP contribution is -2.32. The van der Waals surface area contributed by atoms with Crippen LogP contribution in [0.15, 0.2) is 54.6 Å². The van der Waals surface area contributed by atoms with Crippen molar-refractivity contribution in [1.29, 1.82) is 0 Å². The fourth-order valence-electron chi connectivity index (χ4n) is 3.28. The maximum absolute atomic E-state index is 12.9. The largest absolute Gasteiger partial charge is 0.388 e. The summed E-state index contributed by atoms with van der Waals surface area (Å²) in [5.74, 6) is -0.274. The Morgan fingerprint density at radius 1 is 1.12 bits per heavy atom. The van der Waals surface area contributed by atoms with E-state index >= 15 is 0 Å². The molecule has 2 N–H and O–H groups in total. The molecule has 0 aliphatic carbocycles. The minimum absolute atomic E-state index is 0.274. The molecule has 0 bridgehead atoms. The third kappa shape index (κ3) is 5.15. The third-order valence-electron chi connectivity index (χ3n) is 4.72. The van der Waals surface area contributed by atoms with Crippen LogP contribution in [-0.4, -0.2) is 17.7 Å². The molecule has 3 rings (SSSR count). The van der Waals surface area contributed by atoms with Crippen molar-refractivity contribution in [2.75, 3.05) is 6.54 Å². The summed E-state index contributed by atoms with van der Waals surface area (Å²) in [5, 5.41) is 14.5. The van der Waals surface area contributed by atoms with Gasteiger partial charge in [0.05, 0.1) is 6.10 Å². The number of nitrogens with one attached hydrogen (secondary N) is 1. The van der Waals surface area contributed by atoms with Gasteiger partial charge in [0.25, 0.3) is 0 Å². The lowest BCUT2D eigenvalue weighted by molar-refractivity contribution is 0.162. The molecule has 2 atom stereocenters. The molecule has 2 aromatic rings. The molecular formula is C21H23ClFNO. The van der Waals surface area contributed by atoms with Crippen molar-refractivity contribution in [1.82, 2.24) is 5.32 Å². The van der Waals surface area contributed by atoms with Gasteiger partial charge in [-0.05, 0) is 66.6 Å². The van der Waals surface area contributed by atoms with Crippen LogP contribution in [0.5, 0.6) is 0 Å². The molecule has 2 aromatic carbocycles. The van der Waals surface area contributed by atoms with Gasteiger partial charge in [0.1, 0.15) is 5.82 Å². The first kappa shape index (κ1) is 18.1. The fourth-order valence-corrected chi connectivity index (χ4v) is 3.41. The molecule has 0 amide bonds. The summed E-state index contributed by atoms with van der Waals surface area (Å²) < 4.78 is 12.9. The maximum Gasteiger partial charge on any atom is 0.123 e. The topological polar surface area (TPSA) is 32.3 Å². The van der Waals surface area contributed by atoms with Gasteiger partial charge in [-0.2, -0.15) is 0 Å². The Morgan fingerprint density at radius 3 is 2.56 bits per heavy atom. The summed E-state index contributed by atoms with van der Waals surface area (Å²) in [6.45, 7) is 0.864. The van der Waals surface area contributed by atoms with Crippen molar-refractivity contribution in [3.63, 3.8) is 0 Å². The number of rotatable bonds is 6. The van der Waals surface area contributed by atoms with Crippen molar-refractivity contribution < 1.29 is 9.50 Å². The highest BCUT2D eigenvalue weighted by molar-refractivity contribution is 6.30. The smallest absolute Gasteiger partial charge is 0.123 e. The SMILES string of the molecule is OC(CCCC1CC(c2ccc(Cl)cc2)=CCN1)c1ccc(F)cc1. The number of halogens is 2. The third-order valence-corrected chi connectivity index (χ3v) is 4.97. The van der Waals surface area contributed by atoms with Crippen molar-refractivity contribution in [2.24, 2.45) is 0 Å². The molecule has 2 unspecified atom stereocenters. The molecule has 1 aliphatic rings. The molecule has 0 aromatic heterocycles. The van der Waals surface area contributed by atoms with Crippen molar-refractivity contribution in [2.45, 2.75) is 37.8 Å². The summed E-state index contributed by atoms with van der Waals surface area (Å²) in [7, 11) is 0. The molecule has 4 heteroatoms. The van der Waals surface area contributed by atoms with Crippen LogP contribution in [0.1, 0.15) is 42.9 Å². The second kappa shape index (κ2) is 8.61. The van der Waals surface area contributed by atoms with E-state index < -0.39 is 6.10 Å². The minimum atomic E-state index is -0.532. The van der Waals surface area contributed by atoms with Crippen LogP contribution in [0.25, 0.3) is 5.57 Å². The molecule has 1 heterocycles. The van der Waals surface area contributed by atoms with E-state index in [4.69, 9.17) is 11.6 Å². The number of hydrogen-bond donors (Lipinski definition) is 2. The van der Waals surface area contributed by atoms with Gasteiger partial charge >= 0.3 is 0 Å². The van der Waals surface area contributed by atoms with Gasteiger partial charge in [-0.1, -0.05) is 41.9 Å². The van der Waals surface area contributed by atoms with E-state index in [1.165, 1.54) is 23.3 Å². The second-order valence-corrected chi connectivity index (χ2v) is 6.98. The van der Waals surface area contributed by atoms with Gasteiger partial charge in [0.2, 0.25) is 0 Å². The van der Waals surface area contributed by atoms with Gasteiger partial charge in [-0.15, -0.1) is 0 Å². The van der Waals surface area contributed by atoms with E-state index in [1.54, 1.807) is 12.1 Å². The van der Waals surface area contributed by atoms with E-state index in [0.29, 0.717) is 12.5 Å². The van der Waals surface area contributed by atoms with Crippen LogP contribution in [0, 0.1) is 5.82 Å². The first-order valence-corrected chi connectivity index (χ1v) is 9.11. The number of hydrogen-bond acceptors (Lipinski definition) is 2. The summed E-state index contributed by atoms with van der Waals surface area (Å²) in [6, 6.07) is 14.5. The zero-order chi connectivity index (χ0) is 17.6. The van der Waals surface area contributed by atoms with Crippen LogP contribution in [0.3, 0.4) is 0 Å². The van der Waals surface area contributed by atoms with E-state index in [2.05, 4.69) is 23.5 Å². The Morgan fingerprint density at radius 2 is 1.84 bits per heavy atom. The van der Waals surface area contributed by atoms with Crippen LogP contribution < -0.4 is 5.32 Å². The summed E-state index contributed by atoms with van der Waals surface area (Å²) in [6.07, 6.45) is 5.29. The van der Waals surface area contributed by atoms with Gasteiger partial charge in [-0.3, -0.25) is 0 Å². The Hall–Kier alpha value is -1.68. The van der Waals surface area contributed by atoms with E-state index in [9.17, 15) is 9.50 Å². The van der Waals surface area contributed by atoms with Gasteiger partial charge in [0.15, 0.2) is 0 Å². The van der Waals surface area contributed by atoms with Crippen LogP contribution in [-0.2, 0) is 0 Å². The van der Waals surface area contributed by atoms with Crippen LogP contribution >= 0.6 is 11.6 Å². The lowest BCUT2D eigenvalue weighted by atomic mass is 9.92. The van der Waals surface area contributed by atoms with Crippen LogP contribution in [0.2, 0.25) is 5.02 Å². The first-order valence-electron chi connectivity index (χ1n) is 8.74. The second-order valence-electron chi connectivity index (χ2n) is 6.54. The Bertz CT molecular complexity index is 712. The van der Waals surface area contributed by atoms with Gasteiger partial charge < -0.3 is 10.4 Å². The quantitative estimate of drug-likeness (QED) is 0.749. The molecule has 2 nitrogen and oxygen atoms in total. The average molecular weight is 360 g/mol. The standard InChI is InChI=1S/C21H23ClFNO/c22-18-8-4-15(5-9-18)17-12-13-24-20(14-17)2-1-3-21(25)16-6-10-19(23)11-7-16/h4-12,20-21,24-25H,1-3,13-14H2. The molecule has 1 aliphatic heterocycles. The summed E-state index contributed by atoms with van der Waals surface area (Å²) in [4.78, 5) is 0. The molecule has 132 valence electrons. The molecule has 0 saturated carbocycles. The first-order chi connectivity index (χ1) is 12.1. The molecule has 0 fully saturated rings. The predicted molar refractivity (Wildman–Crippen MR) is 101 cm³/mol. The van der Waals surface area contributed by atoms with E-state index in [0.717, 1.165) is 36.4 Å². The molecule has 0 radical (unpaired) electrons. The molecule has 0 spiro atoms. The minimum Gasteiger partial charge on any atom is -0.388 e. The molecule has 0 saturated heterocycles. The van der Waals surface area contributed by atoms with Crippen LogP contribution in [0.4, 0.5) is 4.39 Å². The number of aliphatic hydroxyl groups is 1. The highest BCUT2D eigenvalue weighted by Gasteiger charge is 2.17. The van der Waals surface area contributed by atoms with Gasteiger partial charge in [0, 0.05) is 17.6 Å². The number of benzene rings is 2. The van der Waals surface area contributed by atoms with Crippen molar-refractivity contribution in [3.05, 3.63) is 76.6 Å². The molecule has 25 heavy (non-hydrogen) atoms. The summed E-state index contributed by atoms with van der Waals surface area (Å²) in [5.41, 5.74) is 3.35. The zero-order valence-corrected chi connectivity index (χ0v) is 14.8. The van der Waals surface area contributed by atoms with E-state index in [-0.39, 0.29) is 5.82 Å². The van der Waals surface area contributed by atoms with Gasteiger partial charge in [-0.25, -0.2) is 4.39 Å². The summed E-state index contributed by atoms with van der Waals surface area (Å²) >= 11 is 5.96. The highest BCUT2D eigenvalue weighted by Crippen LogP contribution is 2.27. The average Bonchev–Trinajstić information content (AvgIpc) is 2.63. The monoisotopic (exact) mass is 359 g/mol. The van der Waals surface area contributed by atoms with Crippen molar-refractivity contribution >= 4 is 17.2 Å². The fraction of sp³-hybridized carbons (Fsp3) is 0.333. The highest BCUT2D eigenvalue weighted by atomic mass is 35.5. The lowest BCUT2D eigenvalue weighted by Gasteiger charge is -2.25. The molecular weight excluding hydrogens is 337 g/mol. The Balaban J connectivity index is 1.48. The van der Waals surface area contributed by atoms with Crippen molar-refractivity contribution in [3.8, 4) is 0 Å². The normalized spacial score (nSPS) is 18.7.